The maximum absolute atomic E-state index is 14.1. The lowest BCUT2D eigenvalue weighted by Crippen LogP contribution is -2.18. The van der Waals surface area contributed by atoms with Crippen LogP contribution in [0.5, 0.6) is 5.75 Å². The zero-order valence-corrected chi connectivity index (χ0v) is 22.0. The van der Waals surface area contributed by atoms with Crippen molar-refractivity contribution in [2.24, 2.45) is 4.99 Å². The minimum absolute atomic E-state index is 0.112. The minimum Gasteiger partial charge on any atom is -0.508 e. The third-order valence-electron chi connectivity index (χ3n) is 8.55. The number of likely N-dealkylation sites (tertiary alicyclic amines) is 1. The van der Waals surface area contributed by atoms with E-state index in [-0.39, 0.29) is 11.3 Å². The first-order valence-corrected chi connectivity index (χ1v) is 13.9. The lowest BCUT2D eigenvalue weighted by atomic mass is 9.94. The topological polar surface area (TPSA) is 77.4 Å². The summed E-state index contributed by atoms with van der Waals surface area (Å²) in [5.41, 5.74) is 9.81. The van der Waals surface area contributed by atoms with Crippen LogP contribution in [0.25, 0.3) is 33.2 Å². The molecule has 0 radical (unpaired) electrons. The quantitative estimate of drug-likeness (QED) is 0.270. The van der Waals surface area contributed by atoms with E-state index in [0.717, 1.165) is 83.1 Å². The highest BCUT2D eigenvalue weighted by molar-refractivity contribution is 6.18. The Balaban J connectivity index is 1.19. The monoisotopic (exact) mass is 529 g/mol. The van der Waals surface area contributed by atoms with Gasteiger partial charge in [0.05, 0.1) is 28.7 Å². The summed E-state index contributed by atoms with van der Waals surface area (Å²) in [6.45, 7) is 3.26. The van der Waals surface area contributed by atoms with Gasteiger partial charge in [0.25, 0.3) is 0 Å². The van der Waals surface area contributed by atoms with Gasteiger partial charge in [-0.15, -0.1) is 0 Å². The summed E-state index contributed by atoms with van der Waals surface area (Å²) >= 11 is 0. The number of hydrogen-bond acceptors (Lipinski definition) is 5. The molecule has 5 aromatic rings. The summed E-state index contributed by atoms with van der Waals surface area (Å²) in [5.74, 6) is -0.599. The highest BCUT2D eigenvalue weighted by Crippen LogP contribution is 2.55. The number of phenols is 1. The predicted molar refractivity (Wildman–Crippen MR) is 154 cm³/mol. The number of nitrogens with one attached hydrogen (secondary N) is 1. The second-order valence-electron chi connectivity index (χ2n) is 11.3. The molecular weight excluding hydrogens is 501 g/mol. The molecule has 0 unspecified atom stereocenters. The van der Waals surface area contributed by atoms with Gasteiger partial charge in [0.1, 0.15) is 11.6 Å². The second-order valence-corrected chi connectivity index (χ2v) is 11.3. The van der Waals surface area contributed by atoms with E-state index in [9.17, 15) is 9.50 Å². The highest BCUT2D eigenvalue weighted by Gasteiger charge is 2.50. The Kier molecular flexibility index (Phi) is 5.19. The van der Waals surface area contributed by atoms with Gasteiger partial charge in [-0.25, -0.2) is 4.39 Å². The van der Waals surface area contributed by atoms with Gasteiger partial charge in [-0.3, -0.25) is 19.9 Å². The first kappa shape index (κ1) is 23.5. The third kappa shape index (κ3) is 3.92. The molecule has 2 aliphatic heterocycles. The molecule has 0 atom stereocenters. The van der Waals surface area contributed by atoms with Gasteiger partial charge in [0.15, 0.2) is 0 Å². The molecule has 1 saturated carbocycles. The SMILES string of the molecule is Oc1cc(F)cc(-c2cncc3[nH]c(C4=NC5(CC5)c5ccc(-c6cncc(CN7CCCC7)c6)cc54)cc23)c1. The van der Waals surface area contributed by atoms with Gasteiger partial charge in [0.2, 0.25) is 0 Å². The summed E-state index contributed by atoms with van der Waals surface area (Å²) in [4.78, 5) is 20.2. The molecule has 5 heterocycles. The molecule has 0 amide bonds. The Morgan fingerprint density at radius 2 is 1.70 bits per heavy atom. The Morgan fingerprint density at radius 3 is 2.52 bits per heavy atom. The number of aromatic hydroxyl groups is 1. The van der Waals surface area contributed by atoms with E-state index >= 15 is 0 Å². The molecule has 40 heavy (non-hydrogen) atoms. The van der Waals surface area contributed by atoms with Crippen LogP contribution in [-0.2, 0) is 12.1 Å². The molecule has 198 valence electrons. The molecular formula is C33H28FN5O. The fraction of sp³-hybridized carbons (Fsp3) is 0.242. The number of aliphatic imine (C=N–C) groups is 1. The number of phenolic OH excluding ortho intramolecular Hbond substituents is 1. The summed E-state index contributed by atoms with van der Waals surface area (Å²) in [7, 11) is 0. The van der Waals surface area contributed by atoms with Crippen LogP contribution in [0.15, 0.2) is 78.3 Å². The van der Waals surface area contributed by atoms with Crippen LogP contribution >= 0.6 is 0 Å². The van der Waals surface area contributed by atoms with Crippen LogP contribution in [0.4, 0.5) is 4.39 Å². The van der Waals surface area contributed by atoms with E-state index < -0.39 is 5.82 Å². The molecule has 2 N–H and O–H groups in total. The van der Waals surface area contributed by atoms with Gasteiger partial charge in [-0.2, -0.15) is 0 Å². The standard InChI is InChI=1S/C33H28FN5O/c34-24-10-22(11-25(40)13-24)28-17-36-18-31-26(28)14-30(37-31)32-27-12-21(3-4-29(27)33(38-32)5-6-33)23-9-20(15-35-16-23)19-39-7-1-2-8-39/h3-4,9-18,37,40H,1-2,5-8,19H2. The maximum Gasteiger partial charge on any atom is 0.127 e. The molecule has 2 fully saturated rings. The van der Waals surface area contributed by atoms with Crippen molar-refractivity contribution >= 4 is 16.6 Å². The van der Waals surface area contributed by atoms with E-state index in [4.69, 9.17) is 4.99 Å². The molecule has 1 spiro atoms. The van der Waals surface area contributed by atoms with Crippen LogP contribution in [0.1, 0.15) is 48.1 Å². The van der Waals surface area contributed by atoms with Gasteiger partial charge in [0, 0.05) is 53.3 Å². The van der Waals surface area contributed by atoms with Crippen molar-refractivity contribution in [3.05, 3.63) is 102 Å². The summed E-state index contributed by atoms with van der Waals surface area (Å²) in [6, 6.07) is 15.1. The fourth-order valence-corrected chi connectivity index (χ4v) is 6.43. The average Bonchev–Trinajstić information content (AvgIpc) is 3.26. The normalized spacial score (nSPS) is 17.5. The average molecular weight is 530 g/mol. The summed E-state index contributed by atoms with van der Waals surface area (Å²) < 4.78 is 14.1. The molecule has 2 aromatic carbocycles. The predicted octanol–water partition coefficient (Wildman–Crippen LogP) is 6.57. The van der Waals surface area contributed by atoms with Gasteiger partial charge in [-0.05, 0) is 91.4 Å². The Hall–Kier alpha value is -4.36. The van der Waals surface area contributed by atoms with Crippen LogP contribution in [0.2, 0.25) is 0 Å². The minimum atomic E-state index is -0.487. The number of benzene rings is 2. The van der Waals surface area contributed by atoms with Gasteiger partial charge in [-0.1, -0.05) is 12.1 Å². The number of hydrogen-bond donors (Lipinski definition) is 2. The molecule has 1 aliphatic carbocycles. The second kappa shape index (κ2) is 8.83. The molecule has 0 bridgehead atoms. The van der Waals surface area contributed by atoms with Crippen molar-refractivity contribution in [1.82, 2.24) is 19.9 Å². The van der Waals surface area contributed by atoms with Crippen LogP contribution in [0, 0.1) is 5.82 Å². The lowest BCUT2D eigenvalue weighted by Gasteiger charge is -2.15. The van der Waals surface area contributed by atoms with Crippen LogP contribution < -0.4 is 0 Å². The van der Waals surface area contributed by atoms with Gasteiger partial charge < -0.3 is 10.1 Å². The molecule has 8 rings (SSSR count). The Morgan fingerprint density at radius 1 is 0.850 bits per heavy atom. The number of aromatic amines is 1. The van der Waals surface area contributed by atoms with E-state index in [0.29, 0.717) is 5.56 Å². The number of nitrogens with zero attached hydrogens (tertiary/aromatic N) is 4. The Bertz CT molecular complexity index is 1810. The van der Waals surface area contributed by atoms with Gasteiger partial charge >= 0.3 is 0 Å². The first-order chi connectivity index (χ1) is 19.5. The number of H-pyrrole nitrogens is 1. The molecule has 3 aromatic heterocycles. The van der Waals surface area contributed by atoms with Crippen molar-refractivity contribution in [3.63, 3.8) is 0 Å². The van der Waals surface area contributed by atoms with Crippen molar-refractivity contribution in [2.45, 2.75) is 37.8 Å². The molecule has 1 saturated heterocycles. The number of pyridine rings is 2. The third-order valence-corrected chi connectivity index (χ3v) is 8.55. The van der Waals surface area contributed by atoms with E-state index in [1.54, 1.807) is 18.5 Å². The van der Waals surface area contributed by atoms with Crippen molar-refractivity contribution in [2.75, 3.05) is 13.1 Å². The summed E-state index contributed by atoms with van der Waals surface area (Å²) in [6.07, 6.45) is 12.1. The largest absolute Gasteiger partial charge is 0.508 e. The number of aromatic nitrogens is 3. The van der Waals surface area contributed by atoms with E-state index in [1.807, 2.05) is 12.4 Å². The number of rotatable bonds is 5. The summed E-state index contributed by atoms with van der Waals surface area (Å²) in [5, 5.41) is 10.9. The number of fused-ring (bicyclic) bond motifs is 3. The smallest absolute Gasteiger partial charge is 0.127 e. The van der Waals surface area contributed by atoms with E-state index in [1.165, 1.54) is 30.0 Å². The molecule has 6 nitrogen and oxygen atoms in total. The first-order valence-electron chi connectivity index (χ1n) is 13.9. The zero-order valence-electron chi connectivity index (χ0n) is 22.0. The Labute approximate surface area is 231 Å². The van der Waals surface area contributed by atoms with Crippen molar-refractivity contribution < 1.29 is 9.50 Å². The lowest BCUT2D eigenvalue weighted by molar-refractivity contribution is 0.331. The van der Waals surface area contributed by atoms with Crippen molar-refractivity contribution in [1.29, 1.82) is 0 Å². The van der Waals surface area contributed by atoms with Crippen LogP contribution in [-0.4, -0.2) is 43.8 Å². The highest BCUT2D eigenvalue weighted by atomic mass is 19.1. The van der Waals surface area contributed by atoms with E-state index in [2.05, 4.69) is 50.2 Å². The molecule has 3 aliphatic rings. The van der Waals surface area contributed by atoms with Crippen LogP contribution in [0.3, 0.4) is 0 Å². The maximum atomic E-state index is 14.1. The zero-order chi connectivity index (χ0) is 26.8. The fourth-order valence-electron chi connectivity index (χ4n) is 6.43. The van der Waals surface area contributed by atoms with Crippen molar-refractivity contribution in [3.8, 4) is 28.0 Å². The molecule has 7 heteroatoms. The number of halogens is 1.